The smallest absolute Gasteiger partial charge is 0.234 e. The minimum Gasteiger partial charge on any atom is -0.325 e. The molecule has 4 rings (SSSR count). The van der Waals surface area contributed by atoms with Crippen LogP contribution in [0.5, 0.6) is 0 Å². The molecular formula is C23H18ClFN4OS. The van der Waals surface area contributed by atoms with E-state index < -0.39 is 0 Å². The second kappa shape index (κ2) is 9.32. The molecule has 156 valence electrons. The number of anilines is 1. The predicted molar refractivity (Wildman–Crippen MR) is 122 cm³/mol. The highest BCUT2D eigenvalue weighted by Gasteiger charge is 2.17. The highest BCUT2D eigenvalue weighted by molar-refractivity contribution is 7.99. The topological polar surface area (TPSA) is 59.8 Å². The van der Waals surface area contributed by atoms with Crippen LogP contribution >= 0.6 is 23.4 Å². The summed E-state index contributed by atoms with van der Waals surface area (Å²) >= 11 is 7.27. The molecule has 1 heterocycles. The lowest BCUT2D eigenvalue weighted by atomic mass is 10.2. The maximum Gasteiger partial charge on any atom is 0.234 e. The number of aryl methyl sites for hydroxylation is 1. The van der Waals surface area contributed by atoms with Crippen LogP contribution in [0.25, 0.3) is 17.1 Å². The number of carbonyl (C=O) groups excluding carboxylic acids is 1. The van der Waals surface area contributed by atoms with E-state index in [9.17, 15) is 9.18 Å². The van der Waals surface area contributed by atoms with Crippen LogP contribution < -0.4 is 5.32 Å². The molecule has 0 bridgehead atoms. The van der Waals surface area contributed by atoms with Crippen molar-refractivity contribution in [3.05, 3.63) is 89.2 Å². The van der Waals surface area contributed by atoms with Gasteiger partial charge in [0.15, 0.2) is 11.0 Å². The summed E-state index contributed by atoms with van der Waals surface area (Å²) in [5.74, 6) is 0.123. The van der Waals surface area contributed by atoms with Crippen molar-refractivity contribution in [2.24, 2.45) is 0 Å². The van der Waals surface area contributed by atoms with Crippen molar-refractivity contribution in [1.82, 2.24) is 14.8 Å². The molecular weight excluding hydrogens is 435 g/mol. The van der Waals surface area contributed by atoms with Gasteiger partial charge in [0.2, 0.25) is 5.91 Å². The fourth-order valence-corrected chi connectivity index (χ4v) is 3.83. The van der Waals surface area contributed by atoms with Crippen molar-refractivity contribution < 1.29 is 9.18 Å². The number of hydrogen-bond donors (Lipinski definition) is 1. The molecule has 4 aromatic rings. The molecule has 0 unspecified atom stereocenters. The van der Waals surface area contributed by atoms with E-state index in [-0.39, 0.29) is 17.5 Å². The third-order valence-corrected chi connectivity index (χ3v) is 5.72. The molecule has 0 aliphatic rings. The van der Waals surface area contributed by atoms with Gasteiger partial charge in [-0.05, 0) is 61.0 Å². The van der Waals surface area contributed by atoms with E-state index in [0.717, 1.165) is 11.3 Å². The molecule has 0 spiro atoms. The summed E-state index contributed by atoms with van der Waals surface area (Å²) in [4.78, 5) is 12.4. The maximum absolute atomic E-state index is 13.7. The molecule has 31 heavy (non-hydrogen) atoms. The molecule has 1 amide bonds. The minimum atomic E-state index is -0.359. The fourth-order valence-electron chi connectivity index (χ4n) is 2.96. The number of halogens is 2. The number of aromatic nitrogens is 3. The van der Waals surface area contributed by atoms with Gasteiger partial charge in [-0.2, -0.15) is 0 Å². The molecule has 1 N–H and O–H groups in total. The van der Waals surface area contributed by atoms with E-state index in [2.05, 4.69) is 15.5 Å². The molecule has 3 aromatic carbocycles. The number of nitrogens with one attached hydrogen (secondary N) is 1. The molecule has 0 radical (unpaired) electrons. The van der Waals surface area contributed by atoms with Crippen molar-refractivity contribution in [2.45, 2.75) is 12.1 Å². The Morgan fingerprint density at radius 1 is 1.06 bits per heavy atom. The lowest BCUT2D eigenvalue weighted by Gasteiger charge is -2.11. The zero-order valence-corrected chi connectivity index (χ0v) is 18.1. The molecule has 0 saturated heterocycles. The van der Waals surface area contributed by atoms with E-state index in [1.165, 1.54) is 17.8 Å². The number of benzene rings is 3. The standard InChI is InChI=1S/C23H18ClFN4OS/c1-15-7-12-18(13-20(15)25)26-21(30)14-31-23-28-27-22(16-8-10-17(24)11-9-16)29(23)19-5-3-2-4-6-19/h2-13H,14H2,1H3,(H,26,30). The summed E-state index contributed by atoms with van der Waals surface area (Å²) in [5.41, 5.74) is 2.67. The highest BCUT2D eigenvalue weighted by atomic mass is 35.5. The first-order valence-corrected chi connectivity index (χ1v) is 10.8. The average molecular weight is 453 g/mol. The SMILES string of the molecule is Cc1ccc(NC(=O)CSc2nnc(-c3ccc(Cl)cc3)n2-c2ccccc2)cc1F. The number of hydrogen-bond acceptors (Lipinski definition) is 4. The summed E-state index contributed by atoms with van der Waals surface area (Å²) in [7, 11) is 0. The van der Waals surface area contributed by atoms with Crippen LogP contribution in [0.4, 0.5) is 10.1 Å². The summed E-state index contributed by atoms with van der Waals surface area (Å²) in [6.07, 6.45) is 0. The van der Waals surface area contributed by atoms with Gasteiger partial charge in [0.05, 0.1) is 5.75 Å². The largest absolute Gasteiger partial charge is 0.325 e. The van der Waals surface area contributed by atoms with Crippen molar-refractivity contribution in [3.63, 3.8) is 0 Å². The molecule has 0 aliphatic carbocycles. The maximum atomic E-state index is 13.7. The fraction of sp³-hybridized carbons (Fsp3) is 0.0870. The molecule has 5 nitrogen and oxygen atoms in total. The van der Waals surface area contributed by atoms with Crippen LogP contribution in [0, 0.1) is 12.7 Å². The third-order valence-electron chi connectivity index (χ3n) is 4.54. The summed E-state index contributed by atoms with van der Waals surface area (Å²) in [5, 5.41) is 12.6. The van der Waals surface area contributed by atoms with Crippen LogP contribution in [0.15, 0.2) is 78.0 Å². The number of nitrogens with zero attached hydrogens (tertiary/aromatic N) is 3. The van der Waals surface area contributed by atoms with Gasteiger partial charge < -0.3 is 5.32 Å². The Hall–Kier alpha value is -3.16. The Labute approximate surface area is 188 Å². The zero-order valence-electron chi connectivity index (χ0n) is 16.5. The van der Waals surface area contributed by atoms with Crippen molar-refractivity contribution in [3.8, 4) is 17.1 Å². The molecule has 8 heteroatoms. The highest BCUT2D eigenvalue weighted by Crippen LogP contribution is 2.28. The third kappa shape index (κ3) is 4.95. The molecule has 1 aromatic heterocycles. The van der Waals surface area contributed by atoms with Gasteiger partial charge in [-0.25, -0.2) is 4.39 Å². The van der Waals surface area contributed by atoms with Gasteiger partial charge in [0.1, 0.15) is 5.82 Å². The first-order valence-electron chi connectivity index (χ1n) is 9.47. The Morgan fingerprint density at radius 2 is 1.81 bits per heavy atom. The monoisotopic (exact) mass is 452 g/mol. The number of carbonyl (C=O) groups is 1. The molecule has 0 atom stereocenters. The minimum absolute atomic E-state index is 0.0983. The summed E-state index contributed by atoms with van der Waals surface area (Å²) < 4.78 is 15.6. The summed E-state index contributed by atoms with van der Waals surface area (Å²) in [6, 6.07) is 21.6. The Balaban J connectivity index is 1.57. The number of para-hydroxylation sites is 1. The van der Waals surface area contributed by atoms with E-state index in [1.807, 2.05) is 47.0 Å². The van der Waals surface area contributed by atoms with Gasteiger partial charge in [0, 0.05) is 22.0 Å². The summed E-state index contributed by atoms with van der Waals surface area (Å²) in [6.45, 7) is 1.67. The first-order chi connectivity index (χ1) is 15.0. The zero-order chi connectivity index (χ0) is 21.8. The molecule has 0 saturated carbocycles. The van der Waals surface area contributed by atoms with Gasteiger partial charge in [0.25, 0.3) is 0 Å². The second-order valence-electron chi connectivity index (χ2n) is 6.78. The first kappa shape index (κ1) is 21.1. The van der Waals surface area contributed by atoms with Gasteiger partial charge in [-0.3, -0.25) is 9.36 Å². The van der Waals surface area contributed by atoms with Crippen LogP contribution in [-0.2, 0) is 4.79 Å². The van der Waals surface area contributed by atoms with Crippen molar-refractivity contribution in [2.75, 3.05) is 11.1 Å². The lowest BCUT2D eigenvalue weighted by molar-refractivity contribution is -0.113. The van der Waals surface area contributed by atoms with Crippen LogP contribution in [0.3, 0.4) is 0 Å². The predicted octanol–water partition coefficient (Wildman–Crippen LogP) is 5.77. The number of thioether (sulfide) groups is 1. The Bertz CT molecular complexity index is 1210. The van der Waals surface area contributed by atoms with E-state index >= 15 is 0 Å². The van der Waals surface area contributed by atoms with E-state index in [4.69, 9.17) is 11.6 Å². The Kier molecular flexibility index (Phi) is 6.34. The number of rotatable bonds is 6. The van der Waals surface area contributed by atoms with E-state index in [0.29, 0.717) is 27.3 Å². The molecule has 0 fully saturated rings. The van der Waals surface area contributed by atoms with Crippen LogP contribution in [0.2, 0.25) is 5.02 Å². The van der Waals surface area contributed by atoms with Gasteiger partial charge >= 0.3 is 0 Å². The second-order valence-corrected chi connectivity index (χ2v) is 8.16. The Morgan fingerprint density at radius 3 is 2.52 bits per heavy atom. The normalized spacial score (nSPS) is 10.8. The van der Waals surface area contributed by atoms with Gasteiger partial charge in [-0.1, -0.05) is 47.6 Å². The van der Waals surface area contributed by atoms with Crippen LogP contribution in [-0.4, -0.2) is 26.4 Å². The van der Waals surface area contributed by atoms with E-state index in [1.54, 1.807) is 31.2 Å². The van der Waals surface area contributed by atoms with Crippen LogP contribution in [0.1, 0.15) is 5.56 Å². The van der Waals surface area contributed by atoms with Crippen molar-refractivity contribution >= 4 is 35.0 Å². The quantitative estimate of drug-likeness (QED) is 0.377. The lowest BCUT2D eigenvalue weighted by Crippen LogP contribution is -2.14. The average Bonchev–Trinajstić information content (AvgIpc) is 3.20. The van der Waals surface area contributed by atoms with Crippen molar-refractivity contribution in [1.29, 1.82) is 0 Å². The van der Waals surface area contributed by atoms with Gasteiger partial charge in [-0.15, -0.1) is 10.2 Å². The molecule has 0 aliphatic heterocycles. The number of amides is 1.